The standard InChI is InChI=1S/C31H39N3O6S/c1-22(2)19-32-31(36)24(4)33(20-25-13-11-10-12-23(25)3)30(35)21-34(26-14-8-7-9-15-26)41(37,38)27-16-17-28(39-5)29(18-27)40-6/h7-18,22,24H,19-21H2,1-6H3,(H,32,36)/t24-/m1/s1. The van der Waals surface area contributed by atoms with Crippen LogP contribution in [0.4, 0.5) is 5.69 Å². The highest BCUT2D eigenvalue weighted by atomic mass is 32.2. The van der Waals surface area contributed by atoms with E-state index in [9.17, 15) is 18.0 Å². The number of para-hydroxylation sites is 1. The second kappa shape index (κ2) is 14.0. The van der Waals surface area contributed by atoms with E-state index in [-0.39, 0.29) is 29.0 Å². The van der Waals surface area contributed by atoms with E-state index in [1.165, 1.54) is 37.3 Å². The summed E-state index contributed by atoms with van der Waals surface area (Å²) in [5.41, 5.74) is 2.12. The molecule has 220 valence electrons. The minimum absolute atomic E-state index is 0.0695. The topological polar surface area (TPSA) is 105 Å². The van der Waals surface area contributed by atoms with Gasteiger partial charge in [0.25, 0.3) is 10.0 Å². The summed E-state index contributed by atoms with van der Waals surface area (Å²) >= 11 is 0. The largest absolute Gasteiger partial charge is 0.493 e. The van der Waals surface area contributed by atoms with Crippen LogP contribution in [0.25, 0.3) is 0 Å². The van der Waals surface area contributed by atoms with E-state index in [0.29, 0.717) is 18.0 Å². The minimum Gasteiger partial charge on any atom is -0.493 e. The smallest absolute Gasteiger partial charge is 0.264 e. The second-order valence-electron chi connectivity index (χ2n) is 10.1. The van der Waals surface area contributed by atoms with Gasteiger partial charge in [-0.1, -0.05) is 56.3 Å². The van der Waals surface area contributed by atoms with Gasteiger partial charge in [0, 0.05) is 19.2 Å². The monoisotopic (exact) mass is 581 g/mol. The Labute approximate surface area is 243 Å². The fourth-order valence-corrected chi connectivity index (χ4v) is 5.66. The molecule has 2 amide bonds. The molecule has 3 rings (SSSR count). The summed E-state index contributed by atoms with van der Waals surface area (Å²) in [6.45, 7) is 7.63. The summed E-state index contributed by atoms with van der Waals surface area (Å²) in [4.78, 5) is 28.5. The molecule has 0 aromatic heterocycles. The fourth-order valence-electron chi connectivity index (χ4n) is 4.23. The molecule has 9 nitrogen and oxygen atoms in total. The highest BCUT2D eigenvalue weighted by Gasteiger charge is 2.33. The Bertz CT molecular complexity index is 1440. The van der Waals surface area contributed by atoms with Crippen LogP contribution in [0.3, 0.4) is 0 Å². The molecule has 0 spiro atoms. The maximum absolute atomic E-state index is 14.0. The number of nitrogens with one attached hydrogen (secondary N) is 1. The van der Waals surface area contributed by atoms with Gasteiger partial charge in [0.2, 0.25) is 11.8 Å². The first-order valence-electron chi connectivity index (χ1n) is 13.4. The summed E-state index contributed by atoms with van der Waals surface area (Å²) in [5.74, 6) is 0.0128. The van der Waals surface area contributed by atoms with Crippen LogP contribution in [0.1, 0.15) is 31.9 Å². The Hall–Kier alpha value is -4.05. The van der Waals surface area contributed by atoms with Gasteiger partial charge < -0.3 is 19.7 Å². The molecule has 0 aliphatic carbocycles. The summed E-state index contributed by atoms with van der Waals surface area (Å²) in [7, 11) is -1.36. The highest BCUT2D eigenvalue weighted by molar-refractivity contribution is 7.92. The number of aryl methyl sites for hydroxylation is 1. The first-order valence-corrected chi connectivity index (χ1v) is 14.8. The quantitative estimate of drug-likeness (QED) is 0.321. The Morgan fingerprint density at radius 1 is 0.878 bits per heavy atom. The van der Waals surface area contributed by atoms with Gasteiger partial charge in [-0.25, -0.2) is 8.42 Å². The number of hydrogen-bond donors (Lipinski definition) is 1. The first kappa shape index (κ1) is 31.5. The Morgan fingerprint density at radius 3 is 2.12 bits per heavy atom. The number of hydrogen-bond acceptors (Lipinski definition) is 6. The molecule has 0 aliphatic rings. The van der Waals surface area contributed by atoms with E-state index in [0.717, 1.165) is 15.4 Å². The van der Waals surface area contributed by atoms with Gasteiger partial charge in [-0.15, -0.1) is 0 Å². The van der Waals surface area contributed by atoms with Crippen LogP contribution in [-0.4, -0.2) is 58.5 Å². The van der Waals surface area contributed by atoms with Crippen molar-refractivity contribution in [1.29, 1.82) is 0 Å². The number of carbonyl (C=O) groups excluding carboxylic acids is 2. The lowest BCUT2D eigenvalue weighted by Crippen LogP contribution is -2.51. The SMILES string of the molecule is COc1ccc(S(=O)(=O)N(CC(=O)N(Cc2ccccc2C)[C@H](C)C(=O)NCC(C)C)c2ccccc2)cc1OC. The number of methoxy groups -OCH3 is 2. The lowest BCUT2D eigenvalue weighted by molar-refractivity contribution is -0.139. The molecule has 0 unspecified atom stereocenters. The van der Waals surface area contributed by atoms with Crippen molar-refractivity contribution in [3.63, 3.8) is 0 Å². The number of carbonyl (C=O) groups is 2. The fraction of sp³-hybridized carbons (Fsp3) is 0.355. The zero-order valence-electron chi connectivity index (χ0n) is 24.5. The highest BCUT2D eigenvalue weighted by Crippen LogP contribution is 2.32. The van der Waals surface area contributed by atoms with Crippen molar-refractivity contribution in [3.05, 3.63) is 83.9 Å². The number of sulfonamides is 1. The Morgan fingerprint density at radius 2 is 1.51 bits per heavy atom. The van der Waals surface area contributed by atoms with Gasteiger partial charge in [-0.05, 0) is 55.2 Å². The number of benzene rings is 3. The molecule has 0 saturated heterocycles. The van der Waals surface area contributed by atoms with Gasteiger partial charge in [-0.2, -0.15) is 0 Å². The van der Waals surface area contributed by atoms with Crippen molar-refractivity contribution in [1.82, 2.24) is 10.2 Å². The average molecular weight is 582 g/mol. The summed E-state index contributed by atoms with van der Waals surface area (Å²) in [6.07, 6.45) is 0. The number of amides is 2. The molecule has 0 heterocycles. The first-order chi connectivity index (χ1) is 19.5. The zero-order chi connectivity index (χ0) is 30.2. The van der Waals surface area contributed by atoms with Crippen LogP contribution in [-0.2, 0) is 26.2 Å². The van der Waals surface area contributed by atoms with Crippen LogP contribution in [0.2, 0.25) is 0 Å². The third kappa shape index (κ3) is 7.79. The summed E-state index contributed by atoms with van der Waals surface area (Å²) in [5, 5.41) is 2.89. The third-order valence-corrected chi connectivity index (χ3v) is 8.49. The minimum atomic E-state index is -4.24. The lowest BCUT2D eigenvalue weighted by Gasteiger charge is -2.32. The van der Waals surface area contributed by atoms with Crippen molar-refractivity contribution in [2.45, 2.75) is 45.2 Å². The molecule has 0 saturated carbocycles. The van der Waals surface area contributed by atoms with Gasteiger partial charge in [0.15, 0.2) is 11.5 Å². The Balaban J connectivity index is 2.04. The molecule has 1 atom stereocenters. The number of anilines is 1. The molecule has 3 aromatic carbocycles. The molecule has 0 radical (unpaired) electrons. The number of rotatable bonds is 13. The number of ether oxygens (including phenoxy) is 2. The molecular formula is C31H39N3O6S. The van der Waals surface area contributed by atoms with Gasteiger partial charge in [0.05, 0.1) is 24.8 Å². The van der Waals surface area contributed by atoms with Crippen molar-refractivity contribution < 1.29 is 27.5 Å². The maximum atomic E-state index is 14.0. The van der Waals surface area contributed by atoms with Gasteiger partial charge >= 0.3 is 0 Å². The maximum Gasteiger partial charge on any atom is 0.264 e. The van der Waals surface area contributed by atoms with Gasteiger partial charge in [0.1, 0.15) is 12.6 Å². The molecule has 41 heavy (non-hydrogen) atoms. The molecule has 3 aromatic rings. The molecule has 0 bridgehead atoms. The average Bonchev–Trinajstić information content (AvgIpc) is 2.97. The molecule has 0 fully saturated rings. The van der Waals surface area contributed by atoms with E-state index in [1.807, 2.05) is 45.0 Å². The zero-order valence-corrected chi connectivity index (χ0v) is 25.3. The molecule has 1 N–H and O–H groups in total. The predicted molar refractivity (Wildman–Crippen MR) is 160 cm³/mol. The van der Waals surface area contributed by atoms with Gasteiger partial charge in [-0.3, -0.25) is 13.9 Å². The predicted octanol–water partition coefficient (Wildman–Crippen LogP) is 4.40. The third-order valence-electron chi connectivity index (χ3n) is 6.72. The summed E-state index contributed by atoms with van der Waals surface area (Å²) < 4.78 is 39.7. The Kier molecular flexibility index (Phi) is 10.8. The normalized spacial score (nSPS) is 12.0. The van der Waals surface area contributed by atoms with E-state index in [4.69, 9.17) is 9.47 Å². The summed E-state index contributed by atoms with van der Waals surface area (Å²) in [6, 6.07) is 19.4. The van der Waals surface area contributed by atoms with E-state index in [1.54, 1.807) is 37.3 Å². The molecular weight excluding hydrogens is 542 g/mol. The van der Waals surface area contributed by atoms with Crippen molar-refractivity contribution >= 4 is 27.5 Å². The lowest BCUT2D eigenvalue weighted by atomic mass is 10.1. The molecule has 10 heteroatoms. The van der Waals surface area contributed by atoms with Crippen LogP contribution in [0, 0.1) is 12.8 Å². The van der Waals surface area contributed by atoms with E-state index < -0.39 is 28.5 Å². The number of nitrogens with zero attached hydrogens (tertiary/aromatic N) is 2. The van der Waals surface area contributed by atoms with Crippen LogP contribution >= 0.6 is 0 Å². The van der Waals surface area contributed by atoms with Crippen molar-refractivity contribution in [3.8, 4) is 11.5 Å². The van der Waals surface area contributed by atoms with Crippen molar-refractivity contribution in [2.24, 2.45) is 5.92 Å². The van der Waals surface area contributed by atoms with Crippen LogP contribution in [0.15, 0.2) is 77.7 Å². The van der Waals surface area contributed by atoms with Crippen LogP contribution in [0.5, 0.6) is 11.5 Å². The van der Waals surface area contributed by atoms with Crippen LogP contribution < -0.4 is 19.1 Å². The van der Waals surface area contributed by atoms with Crippen molar-refractivity contribution in [2.75, 3.05) is 31.6 Å². The van der Waals surface area contributed by atoms with E-state index in [2.05, 4.69) is 5.32 Å². The van der Waals surface area contributed by atoms with E-state index >= 15 is 0 Å². The molecule has 0 aliphatic heterocycles. The second-order valence-corrected chi connectivity index (χ2v) is 12.0.